The Morgan fingerprint density at radius 1 is 1.05 bits per heavy atom. The van der Waals surface area contributed by atoms with Crippen LogP contribution in [0.25, 0.3) is 5.69 Å². The van der Waals surface area contributed by atoms with Gasteiger partial charge in [0.25, 0.3) is 5.91 Å². The molecule has 1 amide bonds. The highest BCUT2D eigenvalue weighted by molar-refractivity contribution is 6.34. The van der Waals surface area contributed by atoms with Crippen molar-refractivity contribution in [2.45, 2.75) is 38.5 Å². The van der Waals surface area contributed by atoms with Crippen LogP contribution in [0.15, 0.2) is 67.0 Å². The molecule has 0 spiro atoms. The van der Waals surface area contributed by atoms with Gasteiger partial charge in [0.15, 0.2) is 0 Å². The Balaban J connectivity index is 1.48. The Morgan fingerprint density at radius 3 is 2.50 bits per heavy atom. The van der Waals surface area contributed by atoms with E-state index >= 15 is 0 Å². The van der Waals surface area contributed by atoms with E-state index in [0.29, 0.717) is 17.8 Å². The van der Waals surface area contributed by atoms with E-state index < -0.39 is 29.7 Å². The number of aliphatic hydroxyl groups is 1. The number of rotatable bonds is 11. The SMILES string of the molecule is CCc1cccc(CNC[C@H](O)[C@@H](Cc2cc(F)cc(F)c2)NC(=O)c2ccc(-n3cnnn3)cc2Cl)c1. The van der Waals surface area contributed by atoms with Crippen LogP contribution in [0.3, 0.4) is 0 Å². The normalized spacial score (nSPS) is 12.8. The molecule has 8 nitrogen and oxygen atoms in total. The highest BCUT2D eigenvalue weighted by Crippen LogP contribution is 2.21. The first-order valence-electron chi connectivity index (χ1n) is 12.1. The number of nitrogens with one attached hydrogen (secondary N) is 2. The molecule has 0 saturated heterocycles. The number of aliphatic hydroxyl groups excluding tert-OH is 1. The number of benzene rings is 3. The van der Waals surface area contributed by atoms with Crippen molar-refractivity contribution >= 4 is 17.5 Å². The van der Waals surface area contributed by atoms with Gasteiger partial charge < -0.3 is 15.7 Å². The number of nitrogens with zero attached hydrogens (tertiary/aromatic N) is 4. The number of aryl methyl sites for hydroxylation is 1. The summed E-state index contributed by atoms with van der Waals surface area (Å²) in [6.45, 7) is 2.71. The van der Waals surface area contributed by atoms with E-state index in [1.54, 1.807) is 6.07 Å². The molecule has 0 radical (unpaired) electrons. The molecule has 0 aliphatic rings. The second-order valence-electron chi connectivity index (χ2n) is 8.85. The zero-order chi connectivity index (χ0) is 27.1. The van der Waals surface area contributed by atoms with E-state index in [1.807, 2.05) is 18.2 Å². The molecular formula is C27H27ClF2N6O2. The molecule has 0 fully saturated rings. The van der Waals surface area contributed by atoms with Crippen LogP contribution in [0.4, 0.5) is 8.78 Å². The molecule has 198 valence electrons. The van der Waals surface area contributed by atoms with Crippen molar-refractivity contribution in [2.24, 2.45) is 0 Å². The minimum absolute atomic E-state index is 0.00504. The van der Waals surface area contributed by atoms with E-state index in [4.69, 9.17) is 11.6 Å². The van der Waals surface area contributed by atoms with Crippen LogP contribution in [0.1, 0.15) is 34.0 Å². The molecule has 0 bridgehead atoms. The molecule has 2 atom stereocenters. The Hall–Kier alpha value is -3.73. The van der Waals surface area contributed by atoms with Crippen molar-refractivity contribution in [2.75, 3.05) is 6.54 Å². The lowest BCUT2D eigenvalue weighted by molar-refractivity contribution is 0.0830. The van der Waals surface area contributed by atoms with Gasteiger partial charge in [-0.15, -0.1) is 5.10 Å². The summed E-state index contributed by atoms with van der Waals surface area (Å²) in [4.78, 5) is 13.1. The molecule has 38 heavy (non-hydrogen) atoms. The van der Waals surface area contributed by atoms with Crippen LogP contribution in [-0.4, -0.2) is 49.9 Å². The van der Waals surface area contributed by atoms with Crippen molar-refractivity contribution in [1.82, 2.24) is 30.8 Å². The Labute approximate surface area is 223 Å². The summed E-state index contributed by atoms with van der Waals surface area (Å²) in [5, 5.41) is 28.0. The molecule has 3 N–H and O–H groups in total. The number of halogens is 3. The molecule has 11 heteroatoms. The molecule has 4 aromatic rings. The van der Waals surface area contributed by atoms with Gasteiger partial charge in [-0.3, -0.25) is 4.79 Å². The maximum absolute atomic E-state index is 13.8. The first-order valence-corrected chi connectivity index (χ1v) is 12.5. The third-order valence-corrected chi connectivity index (χ3v) is 6.36. The number of aromatic nitrogens is 4. The van der Waals surface area contributed by atoms with Gasteiger partial charge in [0.2, 0.25) is 0 Å². The zero-order valence-electron chi connectivity index (χ0n) is 20.6. The number of hydrogen-bond donors (Lipinski definition) is 3. The Kier molecular flexibility index (Phi) is 9.11. The standard InChI is InChI=1S/C27H27ClF2N6O2/c1-2-17-4-3-5-18(8-17)14-31-15-26(37)25(11-19-9-20(29)12-21(30)10-19)33-27(38)23-7-6-22(13-24(23)28)36-16-32-34-35-36/h3-10,12-13,16,25-26,31,37H,2,11,14-15H2,1H3,(H,33,38)/t25-,26+/m1/s1. The lowest BCUT2D eigenvalue weighted by Crippen LogP contribution is -2.48. The average molecular weight is 541 g/mol. The van der Waals surface area contributed by atoms with Gasteiger partial charge in [-0.05, 0) is 70.3 Å². The predicted octanol–water partition coefficient (Wildman–Crippen LogP) is 3.65. The molecule has 4 rings (SSSR count). The number of hydrogen-bond acceptors (Lipinski definition) is 6. The monoisotopic (exact) mass is 540 g/mol. The minimum atomic E-state index is -1.07. The van der Waals surface area contributed by atoms with Crippen LogP contribution >= 0.6 is 11.6 Å². The molecule has 1 heterocycles. The number of amides is 1. The van der Waals surface area contributed by atoms with Crippen LogP contribution in [0, 0.1) is 11.6 Å². The Morgan fingerprint density at radius 2 is 1.82 bits per heavy atom. The summed E-state index contributed by atoms with van der Waals surface area (Å²) in [7, 11) is 0. The first kappa shape index (κ1) is 27.3. The molecule has 0 aliphatic carbocycles. The molecule has 1 aromatic heterocycles. The fourth-order valence-electron chi connectivity index (χ4n) is 4.09. The van der Waals surface area contributed by atoms with Gasteiger partial charge in [0.1, 0.15) is 18.0 Å². The van der Waals surface area contributed by atoms with Crippen LogP contribution in [0.2, 0.25) is 5.02 Å². The van der Waals surface area contributed by atoms with Gasteiger partial charge >= 0.3 is 0 Å². The van der Waals surface area contributed by atoms with Gasteiger partial charge in [-0.2, -0.15) is 0 Å². The van der Waals surface area contributed by atoms with E-state index in [-0.39, 0.29) is 23.6 Å². The fourth-order valence-corrected chi connectivity index (χ4v) is 4.35. The maximum atomic E-state index is 13.8. The van der Waals surface area contributed by atoms with Gasteiger partial charge in [0, 0.05) is 19.2 Å². The van der Waals surface area contributed by atoms with Gasteiger partial charge in [-0.25, -0.2) is 13.5 Å². The number of carbonyl (C=O) groups is 1. The van der Waals surface area contributed by atoms with Crippen molar-refractivity contribution in [3.63, 3.8) is 0 Å². The molecule has 3 aromatic carbocycles. The van der Waals surface area contributed by atoms with E-state index in [2.05, 4.69) is 39.1 Å². The second kappa shape index (κ2) is 12.7. The lowest BCUT2D eigenvalue weighted by Gasteiger charge is -2.25. The largest absolute Gasteiger partial charge is 0.390 e. The average Bonchev–Trinajstić information content (AvgIpc) is 3.43. The molecule has 0 aliphatic heterocycles. The first-order chi connectivity index (χ1) is 18.3. The smallest absolute Gasteiger partial charge is 0.253 e. The van der Waals surface area contributed by atoms with Crippen LogP contribution in [-0.2, 0) is 19.4 Å². The number of carbonyl (C=O) groups excluding carboxylic acids is 1. The summed E-state index contributed by atoms with van der Waals surface area (Å²) in [6, 6.07) is 15.0. The van der Waals surface area contributed by atoms with Crippen LogP contribution < -0.4 is 10.6 Å². The van der Waals surface area contributed by atoms with E-state index in [1.165, 1.54) is 40.8 Å². The van der Waals surface area contributed by atoms with Crippen molar-refractivity contribution in [3.05, 3.63) is 106 Å². The predicted molar refractivity (Wildman–Crippen MR) is 139 cm³/mol. The molecule has 0 unspecified atom stereocenters. The Bertz CT molecular complexity index is 1370. The molecular weight excluding hydrogens is 514 g/mol. The van der Waals surface area contributed by atoms with Crippen molar-refractivity contribution < 1.29 is 18.7 Å². The van der Waals surface area contributed by atoms with Crippen molar-refractivity contribution in [3.8, 4) is 5.69 Å². The highest BCUT2D eigenvalue weighted by atomic mass is 35.5. The maximum Gasteiger partial charge on any atom is 0.253 e. The van der Waals surface area contributed by atoms with Crippen molar-refractivity contribution in [1.29, 1.82) is 0 Å². The lowest BCUT2D eigenvalue weighted by atomic mass is 10.00. The quantitative estimate of drug-likeness (QED) is 0.268. The topological polar surface area (TPSA) is 105 Å². The van der Waals surface area contributed by atoms with Gasteiger partial charge in [-0.1, -0.05) is 42.8 Å². The van der Waals surface area contributed by atoms with E-state index in [9.17, 15) is 18.7 Å². The minimum Gasteiger partial charge on any atom is -0.390 e. The third-order valence-electron chi connectivity index (χ3n) is 6.05. The molecule has 0 saturated carbocycles. The zero-order valence-corrected chi connectivity index (χ0v) is 21.4. The summed E-state index contributed by atoms with van der Waals surface area (Å²) >= 11 is 6.37. The highest BCUT2D eigenvalue weighted by Gasteiger charge is 2.24. The van der Waals surface area contributed by atoms with Crippen LogP contribution in [0.5, 0.6) is 0 Å². The third kappa shape index (κ3) is 7.18. The second-order valence-corrected chi connectivity index (χ2v) is 9.26. The summed E-state index contributed by atoms with van der Waals surface area (Å²) in [5.74, 6) is -2.03. The fraction of sp³-hybridized carbons (Fsp3) is 0.259. The van der Waals surface area contributed by atoms with E-state index in [0.717, 1.165) is 18.1 Å². The number of tetrazole rings is 1. The summed E-state index contributed by atoms with van der Waals surface area (Å²) in [5.41, 5.74) is 3.27. The summed E-state index contributed by atoms with van der Waals surface area (Å²) < 4.78 is 29.1. The summed E-state index contributed by atoms with van der Waals surface area (Å²) in [6.07, 6.45) is 1.23. The van der Waals surface area contributed by atoms with Gasteiger partial charge in [0.05, 0.1) is 28.4 Å².